The molecule has 0 amide bonds. The average Bonchev–Trinajstić information content (AvgIpc) is 2.74. The third-order valence-corrected chi connectivity index (χ3v) is 6.03. The zero-order chi connectivity index (χ0) is 12.4. The number of benzene rings is 1. The van der Waals surface area contributed by atoms with Gasteiger partial charge in [-0.1, -0.05) is 37.9 Å². The molecule has 1 unspecified atom stereocenters. The number of thiophene rings is 1. The number of halogens is 3. The van der Waals surface area contributed by atoms with E-state index in [1.165, 1.54) is 4.88 Å². The first-order chi connectivity index (χ1) is 8.13. The molecule has 1 aromatic heterocycles. The van der Waals surface area contributed by atoms with Crippen LogP contribution in [0.5, 0.6) is 5.75 Å². The first kappa shape index (κ1) is 13.6. The number of ether oxygens (including phenoxy) is 1. The van der Waals surface area contributed by atoms with E-state index in [9.17, 15) is 0 Å². The van der Waals surface area contributed by atoms with Crippen molar-refractivity contribution in [3.8, 4) is 5.75 Å². The van der Waals surface area contributed by atoms with Gasteiger partial charge in [0.2, 0.25) is 0 Å². The van der Waals surface area contributed by atoms with Gasteiger partial charge in [-0.3, -0.25) is 0 Å². The van der Waals surface area contributed by atoms with Crippen molar-refractivity contribution in [1.82, 2.24) is 0 Å². The molecule has 1 heterocycles. The Morgan fingerprint density at radius 3 is 2.59 bits per heavy atom. The van der Waals surface area contributed by atoms with Crippen LogP contribution in [0, 0.1) is 0 Å². The number of hydrogen-bond donors (Lipinski definition) is 0. The fraction of sp³-hybridized carbons (Fsp3) is 0.167. The Bertz CT molecular complexity index is 524. The molecule has 2 rings (SSSR count). The van der Waals surface area contributed by atoms with E-state index in [0.717, 1.165) is 20.3 Å². The Hall–Kier alpha value is 0.160. The van der Waals surface area contributed by atoms with Crippen LogP contribution in [0.4, 0.5) is 0 Å². The molecule has 1 nitrogen and oxygen atoms in total. The predicted molar refractivity (Wildman–Crippen MR) is 83.5 cm³/mol. The van der Waals surface area contributed by atoms with E-state index in [-0.39, 0.29) is 4.83 Å². The van der Waals surface area contributed by atoms with Crippen molar-refractivity contribution in [1.29, 1.82) is 0 Å². The zero-order valence-corrected chi connectivity index (χ0v) is 14.5. The number of rotatable bonds is 3. The van der Waals surface area contributed by atoms with Crippen molar-refractivity contribution in [2.75, 3.05) is 7.11 Å². The fourth-order valence-electron chi connectivity index (χ4n) is 1.52. The van der Waals surface area contributed by atoms with Crippen LogP contribution < -0.4 is 4.74 Å². The van der Waals surface area contributed by atoms with Gasteiger partial charge in [-0.2, -0.15) is 0 Å². The highest BCUT2D eigenvalue weighted by atomic mass is 79.9. The molecular formula is C12H9Br3OS. The van der Waals surface area contributed by atoms with E-state index >= 15 is 0 Å². The predicted octanol–water partition coefficient (Wildman–Crippen LogP) is 5.77. The summed E-state index contributed by atoms with van der Waals surface area (Å²) in [5.41, 5.74) is 1.12. The van der Waals surface area contributed by atoms with Crippen LogP contribution in [0.1, 0.15) is 15.3 Å². The molecule has 0 N–H and O–H groups in total. The van der Waals surface area contributed by atoms with Crippen molar-refractivity contribution in [3.05, 3.63) is 49.0 Å². The Balaban J connectivity index is 2.44. The van der Waals surface area contributed by atoms with Crippen LogP contribution in [-0.4, -0.2) is 7.11 Å². The summed E-state index contributed by atoms with van der Waals surface area (Å²) >= 11 is 12.4. The van der Waals surface area contributed by atoms with E-state index in [1.807, 2.05) is 12.1 Å². The lowest BCUT2D eigenvalue weighted by Crippen LogP contribution is -1.95. The molecule has 0 radical (unpaired) electrons. The molecule has 0 saturated carbocycles. The minimum absolute atomic E-state index is 0.139. The third-order valence-electron chi connectivity index (χ3n) is 2.34. The Kier molecular flexibility index (Phi) is 4.69. The van der Waals surface area contributed by atoms with Gasteiger partial charge in [-0.05, 0) is 39.5 Å². The topological polar surface area (TPSA) is 9.23 Å². The molecule has 2 aromatic rings. The highest BCUT2D eigenvalue weighted by molar-refractivity contribution is 9.11. The number of methoxy groups -OCH3 is 1. The van der Waals surface area contributed by atoms with Crippen molar-refractivity contribution in [3.63, 3.8) is 0 Å². The fourth-order valence-corrected chi connectivity index (χ4v) is 4.71. The van der Waals surface area contributed by atoms with Crippen molar-refractivity contribution in [2.45, 2.75) is 4.83 Å². The second kappa shape index (κ2) is 5.87. The summed E-state index contributed by atoms with van der Waals surface area (Å²) in [6, 6.07) is 8.12. The molecular weight excluding hydrogens is 432 g/mol. The van der Waals surface area contributed by atoms with Crippen LogP contribution >= 0.6 is 59.1 Å². The van der Waals surface area contributed by atoms with Gasteiger partial charge in [0.25, 0.3) is 0 Å². The van der Waals surface area contributed by atoms with Crippen molar-refractivity contribution < 1.29 is 4.74 Å². The van der Waals surface area contributed by atoms with Gasteiger partial charge >= 0.3 is 0 Å². The monoisotopic (exact) mass is 438 g/mol. The van der Waals surface area contributed by atoms with Gasteiger partial charge in [0, 0.05) is 19.4 Å². The van der Waals surface area contributed by atoms with Crippen LogP contribution in [0.25, 0.3) is 0 Å². The largest absolute Gasteiger partial charge is 0.496 e. The quantitative estimate of drug-likeness (QED) is 0.551. The van der Waals surface area contributed by atoms with Crippen molar-refractivity contribution >= 4 is 59.1 Å². The lowest BCUT2D eigenvalue weighted by Gasteiger charge is -2.14. The first-order valence-corrected chi connectivity index (χ1v) is 8.22. The molecule has 1 atom stereocenters. The molecule has 0 aliphatic carbocycles. The first-order valence-electron chi connectivity index (χ1n) is 4.84. The standard InChI is InChI=1S/C12H9Br3OS/c1-16-10-6-7(13)2-3-8(10)11(15)12-9(14)4-5-17-12/h2-6,11H,1H3. The summed E-state index contributed by atoms with van der Waals surface area (Å²) in [6.07, 6.45) is 0. The van der Waals surface area contributed by atoms with Gasteiger partial charge in [0.1, 0.15) is 5.75 Å². The lowest BCUT2D eigenvalue weighted by atomic mass is 10.1. The normalized spacial score (nSPS) is 12.5. The van der Waals surface area contributed by atoms with E-state index in [2.05, 4.69) is 65.3 Å². The minimum atomic E-state index is 0.139. The molecule has 17 heavy (non-hydrogen) atoms. The van der Waals surface area contributed by atoms with Gasteiger partial charge in [0.15, 0.2) is 0 Å². The molecule has 0 saturated heterocycles. The average molecular weight is 441 g/mol. The lowest BCUT2D eigenvalue weighted by molar-refractivity contribution is 0.410. The summed E-state index contributed by atoms with van der Waals surface area (Å²) in [5, 5.41) is 2.07. The highest BCUT2D eigenvalue weighted by Crippen LogP contribution is 2.42. The third kappa shape index (κ3) is 2.95. The maximum Gasteiger partial charge on any atom is 0.124 e. The summed E-state index contributed by atoms with van der Waals surface area (Å²) in [6.45, 7) is 0. The van der Waals surface area contributed by atoms with E-state index < -0.39 is 0 Å². The van der Waals surface area contributed by atoms with Gasteiger partial charge in [-0.25, -0.2) is 0 Å². The van der Waals surface area contributed by atoms with E-state index in [1.54, 1.807) is 18.4 Å². The molecule has 0 bridgehead atoms. The molecule has 0 aliphatic rings. The van der Waals surface area contributed by atoms with E-state index in [4.69, 9.17) is 4.74 Å². The van der Waals surface area contributed by atoms with Gasteiger partial charge in [-0.15, -0.1) is 11.3 Å². The highest BCUT2D eigenvalue weighted by Gasteiger charge is 2.18. The SMILES string of the molecule is COc1cc(Br)ccc1C(Br)c1sccc1Br. The summed E-state index contributed by atoms with van der Waals surface area (Å²) in [4.78, 5) is 1.38. The Morgan fingerprint density at radius 1 is 1.24 bits per heavy atom. The minimum Gasteiger partial charge on any atom is -0.496 e. The second-order valence-electron chi connectivity index (χ2n) is 3.38. The Morgan fingerprint density at radius 2 is 2.00 bits per heavy atom. The number of hydrogen-bond acceptors (Lipinski definition) is 2. The summed E-state index contributed by atoms with van der Waals surface area (Å²) < 4.78 is 7.55. The van der Waals surface area contributed by atoms with Crippen LogP contribution in [-0.2, 0) is 0 Å². The van der Waals surface area contributed by atoms with Crippen molar-refractivity contribution in [2.24, 2.45) is 0 Å². The maximum atomic E-state index is 5.41. The molecule has 90 valence electrons. The van der Waals surface area contributed by atoms with Crippen LogP contribution in [0.3, 0.4) is 0 Å². The second-order valence-corrected chi connectivity index (χ2v) is 7.01. The summed E-state index contributed by atoms with van der Waals surface area (Å²) in [5.74, 6) is 0.876. The summed E-state index contributed by atoms with van der Waals surface area (Å²) in [7, 11) is 1.69. The van der Waals surface area contributed by atoms with Gasteiger partial charge < -0.3 is 4.74 Å². The molecule has 0 fully saturated rings. The zero-order valence-electron chi connectivity index (χ0n) is 8.91. The maximum absolute atomic E-state index is 5.41. The van der Waals surface area contributed by atoms with Crippen LogP contribution in [0.15, 0.2) is 38.6 Å². The molecule has 0 spiro atoms. The Labute approximate surface area is 130 Å². The van der Waals surface area contributed by atoms with Crippen LogP contribution in [0.2, 0.25) is 0 Å². The molecule has 1 aromatic carbocycles. The van der Waals surface area contributed by atoms with E-state index in [0.29, 0.717) is 0 Å². The van der Waals surface area contributed by atoms with Gasteiger partial charge in [0.05, 0.1) is 11.9 Å². The smallest absolute Gasteiger partial charge is 0.124 e. The number of alkyl halides is 1. The molecule has 0 aliphatic heterocycles. The molecule has 5 heteroatoms.